The second kappa shape index (κ2) is 6.83. The number of nitrogens with zero attached hydrogens (tertiary/aromatic N) is 1. The van der Waals surface area contributed by atoms with Crippen molar-refractivity contribution < 1.29 is 9.90 Å². The molecule has 2 N–H and O–H groups in total. The molecule has 0 radical (unpaired) electrons. The van der Waals surface area contributed by atoms with Crippen molar-refractivity contribution in [2.24, 2.45) is 0 Å². The van der Waals surface area contributed by atoms with Crippen LogP contribution >= 0.6 is 23.4 Å². The van der Waals surface area contributed by atoms with Gasteiger partial charge < -0.3 is 10.4 Å². The molecule has 0 saturated heterocycles. The summed E-state index contributed by atoms with van der Waals surface area (Å²) in [6, 6.07) is 3.06. The lowest BCUT2D eigenvalue weighted by atomic mass is 10.2. The van der Waals surface area contributed by atoms with Crippen LogP contribution in [0.5, 0.6) is 0 Å². The second-order valence-corrected chi connectivity index (χ2v) is 5.09. The maximum atomic E-state index is 11.8. The molecule has 0 aliphatic heterocycles. The molecule has 0 aliphatic carbocycles. The molecule has 1 aromatic rings. The van der Waals surface area contributed by atoms with Crippen LogP contribution in [0.4, 0.5) is 0 Å². The van der Waals surface area contributed by atoms with Crippen molar-refractivity contribution in [2.75, 3.05) is 12.9 Å². The first kappa shape index (κ1) is 14.3. The number of rotatable bonds is 5. The van der Waals surface area contributed by atoms with E-state index in [1.807, 2.05) is 13.2 Å². The summed E-state index contributed by atoms with van der Waals surface area (Å²) in [5.41, 5.74) is 0.319. The van der Waals surface area contributed by atoms with Crippen molar-refractivity contribution >= 4 is 29.3 Å². The molecule has 0 aromatic carbocycles. The van der Waals surface area contributed by atoms with Crippen molar-refractivity contribution in [3.05, 3.63) is 29.0 Å². The number of thioether (sulfide) groups is 1. The molecule has 0 unspecified atom stereocenters. The molecule has 2 atom stereocenters. The fraction of sp³-hybridized carbons (Fsp3) is 0.455. The zero-order valence-corrected chi connectivity index (χ0v) is 11.3. The van der Waals surface area contributed by atoms with Crippen LogP contribution in [0.1, 0.15) is 17.4 Å². The highest BCUT2D eigenvalue weighted by Gasteiger charge is 2.18. The van der Waals surface area contributed by atoms with Crippen LogP contribution in [0.15, 0.2) is 18.3 Å². The number of carbonyl (C=O) groups is 1. The fourth-order valence-corrected chi connectivity index (χ4v) is 2.06. The van der Waals surface area contributed by atoms with Gasteiger partial charge in [0, 0.05) is 17.5 Å². The minimum atomic E-state index is -0.262. The molecule has 0 aliphatic rings. The molecule has 0 fully saturated rings. The largest absolute Gasteiger partial charge is 0.395 e. The van der Waals surface area contributed by atoms with Gasteiger partial charge in [-0.2, -0.15) is 11.8 Å². The van der Waals surface area contributed by atoms with Crippen LogP contribution in [0, 0.1) is 0 Å². The topological polar surface area (TPSA) is 62.2 Å². The number of hydrogen-bond donors (Lipinski definition) is 2. The Bertz CT molecular complexity index is 368. The number of hydrogen-bond acceptors (Lipinski definition) is 4. The molecule has 1 amide bonds. The van der Waals surface area contributed by atoms with E-state index >= 15 is 0 Å². The summed E-state index contributed by atoms with van der Waals surface area (Å²) in [6.07, 6.45) is 3.32. The summed E-state index contributed by atoms with van der Waals surface area (Å²) in [6.45, 7) is 1.88. The third kappa shape index (κ3) is 4.18. The summed E-state index contributed by atoms with van der Waals surface area (Å²) >= 11 is 7.20. The van der Waals surface area contributed by atoms with Crippen molar-refractivity contribution in [3.8, 4) is 0 Å². The highest BCUT2D eigenvalue weighted by Crippen LogP contribution is 2.11. The van der Waals surface area contributed by atoms with E-state index in [4.69, 9.17) is 16.7 Å². The summed E-state index contributed by atoms with van der Waals surface area (Å²) < 4.78 is 0. The Morgan fingerprint density at radius 3 is 2.82 bits per heavy atom. The van der Waals surface area contributed by atoms with Crippen molar-refractivity contribution in [3.63, 3.8) is 0 Å². The standard InChI is InChI=1S/C11H15ClN2O2S/c1-7(10(6-15)17-2)14-11(16)9-4-3-8(12)5-13-9/h3-5,7,10,15H,6H2,1-2H3,(H,14,16)/t7-,10+/m1/s1. The van der Waals surface area contributed by atoms with E-state index in [0.717, 1.165) is 0 Å². The van der Waals surface area contributed by atoms with Crippen molar-refractivity contribution in [2.45, 2.75) is 18.2 Å². The number of aliphatic hydroxyl groups is 1. The van der Waals surface area contributed by atoms with Gasteiger partial charge in [0.1, 0.15) is 5.69 Å². The highest BCUT2D eigenvalue weighted by atomic mass is 35.5. The molecule has 1 heterocycles. The lowest BCUT2D eigenvalue weighted by molar-refractivity contribution is 0.0931. The van der Waals surface area contributed by atoms with E-state index in [9.17, 15) is 4.79 Å². The van der Waals surface area contributed by atoms with Gasteiger partial charge in [-0.15, -0.1) is 0 Å². The van der Waals surface area contributed by atoms with E-state index < -0.39 is 0 Å². The van der Waals surface area contributed by atoms with Gasteiger partial charge in [-0.1, -0.05) is 11.6 Å². The molecular weight excluding hydrogens is 260 g/mol. The van der Waals surface area contributed by atoms with Gasteiger partial charge in [-0.05, 0) is 25.3 Å². The van der Waals surface area contributed by atoms with Crippen LogP contribution in [-0.4, -0.2) is 40.2 Å². The Labute approximate surface area is 110 Å². The molecule has 0 saturated carbocycles. The SMILES string of the molecule is CS[C@@H](CO)[C@@H](C)NC(=O)c1ccc(Cl)cn1. The smallest absolute Gasteiger partial charge is 0.270 e. The minimum Gasteiger partial charge on any atom is -0.395 e. The van der Waals surface area contributed by atoms with Crippen molar-refractivity contribution in [1.82, 2.24) is 10.3 Å². The van der Waals surface area contributed by atoms with Gasteiger partial charge in [0.05, 0.1) is 11.6 Å². The van der Waals surface area contributed by atoms with Gasteiger partial charge in [0.15, 0.2) is 0 Å². The predicted octanol–water partition coefficient (Wildman–Crippen LogP) is 1.58. The van der Waals surface area contributed by atoms with E-state index in [1.54, 1.807) is 12.1 Å². The number of nitrogens with one attached hydrogen (secondary N) is 1. The fourth-order valence-electron chi connectivity index (χ4n) is 1.32. The molecule has 0 bridgehead atoms. The zero-order valence-electron chi connectivity index (χ0n) is 9.68. The van der Waals surface area contributed by atoms with Crippen LogP contribution in [-0.2, 0) is 0 Å². The van der Waals surface area contributed by atoms with E-state index in [1.165, 1.54) is 18.0 Å². The van der Waals surface area contributed by atoms with Gasteiger partial charge in [-0.3, -0.25) is 4.79 Å². The second-order valence-electron chi connectivity index (χ2n) is 3.58. The van der Waals surface area contributed by atoms with E-state index in [2.05, 4.69) is 10.3 Å². The van der Waals surface area contributed by atoms with Gasteiger partial charge >= 0.3 is 0 Å². The number of aromatic nitrogens is 1. The molecule has 94 valence electrons. The Kier molecular flexibility index (Phi) is 5.74. The lowest BCUT2D eigenvalue weighted by Crippen LogP contribution is -2.41. The summed E-state index contributed by atoms with van der Waals surface area (Å²) in [5, 5.41) is 12.4. The summed E-state index contributed by atoms with van der Waals surface area (Å²) in [4.78, 5) is 15.7. The van der Waals surface area contributed by atoms with Crippen LogP contribution in [0.25, 0.3) is 0 Å². The number of halogens is 1. The molecule has 17 heavy (non-hydrogen) atoms. The molecule has 0 spiro atoms. The monoisotopic (exact) mass is 274 g/mol. The molecular formula is C11H15ClN2O2S. The quantitative estimate of drug-likeness (QED) is 0.856. The van der Waals surface area contributed by atoms with E-state index in [0.29, 0.717) is 10.7 Å². The Morgan fingerprint density at radius 2 is 2.35 bits per heavy atom. The molecule has 4 nitrogen and oxygen atoms in total. The lowest BCUT2D eigenvalue weighted by Gasteiger charge is -2.20. The zero-order chi connectivity index (χ0) is 12.8. The Morgan fingerprint density at radius 1 is 1.65 bits per heavy atom. The first-order valence-corrected chi connectivity index (χ1v) is 6.81. The van der Waals surface area contributed by atoms with Crippen LogP contribution in [0.2, 0.25) is 5.02 Å². The third-order valence-corrected chi connectivity index (χ3v) is 3.75. The Hall–Kier alpha value is -0.780. The van der Waals surface area contributed by atoms with Gasteiger partial charge in [-0.25, -0.2) is 4.98 Å². The highest BCUT2D eigenvalue weighted by molar-refractivity contribution is 7.99. The normalized spacial score (nSPS) is 14.1. The number of amides is 1. The number of carbonyl (C=O) groups excluding carboxylic acids is 1. The third-order valence-electron chi connectivity index (χ3n) is 2.36. The van der Waals surface area contributed by atoms with Crippen LogP contribution < -0.4 is 5.32 Å². The predicted molar refractivity (Wildman–Crippen MR) is 70.6 cm³/mol. The summed E-state index contributed by atoms with van der Waals surface area (Å²) in [7, 11) is 0. The average Bonchev–Trinajstić information content (AvgIpc) is 2.31. The Balaban J connectivity index is 2.62. The van der Waals surface area contributed by atoms with Gasteiger partial charge in [0.2, 0.25) is 0 Å². The molecule has 6 heteroatoms. The minimum absolute atomic E-state index is 0.0220. The van der Waals surface area contributed by atoms with Gasteiger partial charge in [0.25, 0.3) is 5.91 Å². The van der Waals surface area contributed by atoms with Crippen molar-refractivity contribution in [1.29, 1.82) is 0 Å². The van der Waals surface area contributed by atoms with E-state index in [-0.39, 0.29) is 23.8 Å². The number of aliphatic hydroxyl groups excluding tert-OH is 1. The molecule has 1 aromatic heterocycles. The maximum absolute atomic E-state index is 11.8. The first-order chi connectivity index (χ1) is 8.08. The number of pyridine rings is 1. The maximum Gasteiger partial charge on any atom is 0.270 e. The first-order valence-electron chi connectivity index (χ1n) is 5.14. The molecule has 1 rings (SSSR count). The summed E-state index contributed by atoms with van der Waals surface area (Å²) in [5.74, 6) is -0.262. The average molecular weight is 275 g/mol. The van der Waals surface area contributed by atoms with Crippen LogP contribution in [0.3, 0.4) is 0 Å².